The Morgan fingerprint density at radius 1 is 1.16 bits per heavy atom. The van der Waals surface area contributed by atoms with E-state index >= 15 is 0 Å². The van der Waals surface area contributed by atoms with E-state index in [-0.39, 0.29) is 10.6 Å². The first-order valence-electron chi connectivity index (χ1n) is 8.26. The predicted molar refractivity (Wildman–Crippen MR) is 93.7 cm³/mol. The molecule has 3 nitrogen and oxygen atoms in total. The number of rotatable bonds is 5. The molecule has 0 fully saturated rings. The molecule has 0 unspecified atom stereocenters. The van der Waals surface area contributed by atoms with Gasteiger partial charge in [-0.3, -0.25) is 9.69 Å². The molecule has 2 aromatic carbocycles. The summed E-state index contributed by atoms with van der Waals surface area (Å²) < 4.78 is 26.3. The molecule has 0 saturated heterocycles. The predicted octanol–water partition coefficient (Wildman–Crippen LogP) is 3.80. The highest BCUT2D eigenvalue weighted by atomic mass is 35.5. The third-order valence-electron chi connectivity index (χ3n) is 4.40. The lowest BCUT2D eigenvalue weighted by molar-refractivity contribution is 0.0951. The molecule has 1 heterocycles. The Bertz CT molecular complexity index is 782. The van der Waals surface area contributed by atoms with Crippen LogP contribution in [0, 0.1) is 11.6 Å². The number of halogens is 3. The largest absolute Gasteiger partial charge is 0.352 e. The molecule has 25 heavy (non-hydrogen) atoms. The van der Waals surface area contributed by atoms with Crippen molar-refractivity contribution >= 4 is 17.5 Å². The Morgan fingerprint density at radius 2 is 1.88 bits per heavy atom. The number of amides is 1. The van der Waals surface area contributed by atoms with E-state index in [4.69, 9.17) is 11.6 Å². The summed E-state index contributed by atoms with van der Waals surface area (Å²) in [5.41, 5.74) is 2.71. The van der Waals surface area contributed by atoms with Crippen LogP contribution in [0.2, 0.25) is 5.02 Å². The Hall–Kier alpha value is -1.98. The molecule has 3 rings (SSSR count). The van der Waals surface area contributed by atoms with Gasteiger partial charge in [0.15, 0.2) is 11.6 Å². The zero-order valence-corrected chi connectivity index (χ0v) is 14.5. The topological polar surface area (TPSA) is 32.3 Å². The van der Waals surface area contributed by atoms with E-state index in [2.05, 4.69) is 28.4 Å². The van der Waals surface area contributed by atoms with Gasteiger partial charge in [0, 0.05) is 26.2 Å². The Labute approximate surface area is 150 Å². The summed E-state index contributed by atoms with van der Waals surface area (Å²) in [7, 11) is 0. The highest BCUT2D eigenvalue weighted by molar-refractivity contribution is 6.33. The van der Waals surface area contributed by atoms with E-state index in [1.807, 2.05) is 6.07 Å². The minimum Gasteiger partial charge on any atom is -0.352 e. The monoisotopic (exact) mass is 364 g/mol. The average Bonchev–Trinajstić information content (AvgIpc) is 2.61. The Morgan fingerprint density at radius 3 is 2.68 bits per heavy atom. The van der Waals surface area contributed by atoms with Gasteiger partial charge < -0.3 is 5.32 Å². The Kier molecular flexibility index (Phi) is 5.66. The van der Waals surface area contributed by atoms with Crippen LogP contribution in [0.5, 0.6) is 0 Å². The van der Waals surface area contributed by atoms with Crippen molar-refractivity contribution in [2.75, 3.05) is 19.6 Å². The van der Waals surface area contributed by atoms with Crippen molar-refractivity contribution in [3.8, 4) is 0 Å². The fourth-order valence-corrected chi connectivity index (χ4v) is 3.28. The number of hydrogen-bond acceptors (Lipinski definition) is 2. The van der Waals surface area contributed by atoms with Crippen molar-refractivity contribution in [2.45, 2.75) is 19.4 Å². The number of nitrogens with zero attached hydrogens (tertiary/aromatic N) is 1. The summed E-state index contributed by atoms with van der Waals surface area (Å²) in [5.74, 6) is -2.64. The molecule has 1 amide bonds. The summed E-state index contributed by atoms with van der Waals surface area (Å²) in [5, 5.41) is 2.61. The summed E-state index contributed by atoms with van der Waals surface area (Å²) in [6.45, 7) is 3.23. The molecule has 0 atom stereocenters. The third kappa shape index (κ3) is 4.35. The second-order valence-electron chi connectivity index (χ2n) is 6.15. The second kappa shape index (κ2) is 7.93. The molecule has 132 valence electrons. The summed E-state index contributed by atoms with van der Waals surface area (Å²) >= 11 is 5.80. The number of nitrogens with one attached hydrogen (secondary N) is 1. The fourth-order valence-electron chi connectivity index (χ4n) is 3.04. The van der Waals surface area contributed by atoms with E-state index in [1.54, 1.807) is 0 Å². The first-order chi connectivity index (χ1) is 12.0. The standard InChI is InChI=1S/C19H19ClF2N2O/c20-16-11-18(22)17(21)10-15(16)19(25)23-7-3-8-24-9-6-13-4-1-2-5-14(13)12-24/h1-2,4-5,10-11H,3,6-9,12H2,(H,23,25). The van der Waals surface area contributed by atoms with Crippen molar-refractivity contribution in [1.29, 1.82) is 0 Å². The summed E-state index contributed by atoms with van der Waals surface area (Å²) in [6.07, 6.45) is 1.81. The number of fused-ring (bicyclic) bond motifs is 1. The number of carbonyl (C=O) groups excluding carboxylic acids is 1. The van der Waals surface area contributed by atoms with Crippen molar-refractivity contribution in [3.63, 3.8) is 0 Å². The number of carbonyl (C=O) groups is 1. The molecule has 0 saturated carbocycles. The molecule has 0 bridgehead atoms. The zero-order chi connectivity index (χ0) is 17.8. The second-order valence-corrected chi connectivity index (χ2v) is 6.56. The molecule has 0 radical (unpaired) electrons. The third-order valence-corrected chi connectivity index (χ3v) is 4.71. The van der Waals surface area contributed by atoms with Gasteiger partial charge in [0.05, 0.1) is 10.6 Å². The first-order valence-corrected chi connectivity index (χ1v) is 8.64. The van der Waals surface area contributed by atoms with Gasteiger partial charge in [-0.05, 0) is 36.1 Å². The minimum atomic E-state index is -1.08. The molecular formula is C19H19ClF2N2O. The van der Waals surface area contributed by atoms with Crippen LogP contribution in [0.4, 0.5) is 8.78 Å². The highest BCUT2D eigenvalue weighted by Gasteiger charge is 2.16. The van der Waals surface area contributed by atoms with E-state index < -0.39 is 17.5 Å². The van der Waals surface area contributed by atoms with Gasteiger partial charge in [0.25, 0.3) is 5.91 Å². The molecular weight excluding hydrogens is 346 g/mol. The Balaban J connectivity index is 1.46. The van der Waals surface area contributed by atoms with Gasteiger partial charge in [-0.2, -0.15) is 0 Å². The lowest BCUT2D eigenvalue weighted by Gasteiger charge is -2.28. The summed E-state index contributed by atoms with van der Waals surface area (Å²) in [6, 6.07) is 10.1. The maximum absolute atomic E-state index is 13.3. The quantitative estimate of drug-likeness (QED) is 0.646. The van der Waals surface area contributed by atoms with Gasteiger partial charge in [-0.1, -0.05) is 35.9 Å². The van der Waals surface area contributed by atoms with Crippen LogP contribution in [-0.4, -0.2) is 30.4 Å². The number of hydrogen-bond donors (Lipinski definition) is 1. The minimum absolute atomic E-state index is 0.0486. The normalized spacial score (nSPS) is 14.2. The SMILES string of the molecule is O=C(NCCCN1CCc2ccccc2C1)c1cc(F)c(F)cc1Cl. The van der Waals surface area contributed by atoms with Crippen molar-refractivity contribution in [2.24, 2.45) is 0 Å². The van der Waals surface area contributed by atoms with E-state index in [0.29, 0.717) is 6.54 Å². The van der Waals surface area contributed by atoms with Gasteiger partial charge in [-0.25, -0.2) is 8.78 Å². The highest BCUT2D eigenvalue weighted by Crippen LogP contribution is 2.20. The van der Waals surface area contributed by atoms with Crippen LogP contribution >= 0.6 is 11.6 Å². The smallest absolute Gasteiger partial charge is 0.252 e. The van der Waals surface area contributed by atoms with E-state index in [0.717, 1.165) is 44.6 Å². The zero-order valence-electron chi connectivity index (χ0n) is 13.7. The summed E-state index contributed by atoms with van der Waals surface area (Å²) in [4.78, 5) is 14.4. The first kappa shape index (κ1) is 17.8. The van der Waals surface area contributed by atoms with Crippen LogP contribution in [0.15, 0.2) is 36.4 Å². The maximum atomic E-state index is 13.3. The van der Waals surface area contributed by atoms with Crippen LogP contribution in [0.1, 0.15) is 27.9 Å². The van der Waals surface area contributed by atoms with Crippen LogP contribution < -0.4 is 5.32 Å². The van der Waals surface area contributed by atoms with E-state index in [1.165, 1.54) is 11.1 Å². The average molecular weight is 365 g/mol. The van der Waals surface area contributed by atoms with Crippen LogP contribution in [0.3, 0.4) is 0 Å². The van der Waals surface area contributed by atoms with Crippen LogP contribution in [-0.2, 0) is 13.0 Å². The maximum Gasteiger partial charge on any atom is 0.252 e. The van der Waals surface area contributed by atoms with E-state index in [9.17, 15) is 13.6 Å². The van der Waals surface area contributed by atoms with Gasteiger partial charge in [-0.15, -0.1) is 0 Å². The lowest BCUT2D eigenvalue weighted by Crippen LogP contribution is -2.33. The van der Waals surface area contributed by atoms with Gasteiger partial charge in [0.2, 0.25) is 0 Å². The van der Waals surface area contributed by atoms with Crippen molar-refractivity contribution in [1.82, 2.24) is 10.2 Å². The molecule has 0 aromatic heterocycles. The van der Waals surface area contributed by atoms with Crippen molar-refractivity contribution in [3.05, 3.63) is 69.7 Å². The molecule has 0 aliphatic carbocycles. The fraction of sp³-hybridized carbons (Fsp3) is 0.316. The molecule has 0 spiro atoms. The molecule has 2 aromatic rings. The van der Waals surface area contributed by atoms with Gasteiger partial charge >= 0.3 is 0 Å². The molecule has 6 heteroatoms. The molecule has 1 aliphatic rings. The molecule has 1 aliphatic heterocycles. The lowest BCUT2D eigenvalue weighted by atomic mass is 10.00. The van der Waals surface area contributed by atoms with Crippen molar-refractivity contribution < 1.29 is 13.6 Å². The van der Waals surface area contributed by atoms with Crippen LogP contribution in [0.25, 0.3) is 0 Å². The number of benzene rings is 2. The molecule has 1 N–H and O–H groups in total. The van der Waals surface area contributed by atoms with Gasteiger partial charge in [0.1, 0.15) is 0 Å².